The Morgan fingerprint density at radius 3 is 2.50 bits per heavy atom. The third-order valence-electron chi connectivity index (χ3n) is 0.426. The highest BCUT2D eigenvalue weighted by Gasteiger charge is 1.73. The number of hydrogen-bond acceptors (Lipinski definition) is 1. The maximum atomic E-state index is 4.68. The zero-order valence-electron chi connectivity index (χ0n) is 4.12. The van der Waals surface area contributed by atoms with Crippen LogP contribution in [0.25, 0.3) is 0 Å². The Balaban J connectivity index is 0. The minimum Gasteiger partial charge on any atom is -0.380 e. The van der Waals surface area contributed by atoms with Gasteiger partial charge in [0.25, 0.3) is 0 Å². The first-order chi connectivity index (χ1) is 2.77. The molecule has 38 valence electrons. The van der Waals surface area contributed by atoms with Gasteiger partial charge < -0.3 is 5.32 Å². The summed E-state index contributed by atoms with van der Waals surface area (Å²) >= 11 is 4.68. The lowest BCUT2D eigenvalue weighted by Crippen LogP contribution is -2.16. The third-order valence-corrected chi connectivity index (χ3v) is 0.570. The lowest BCUT2D eigenvalue weighted by Gasteiger charge is -1.92. The van der Waals surface area contributed by atoms with E-state index in [1.54, 1.807) is 0 Å². The second-order valence-electron chi connectivity index (χ2n) is 1.09. The van der Waals surface area contributed by atoms with Crippen molar-refractivity contribution in [3.05, 3.63) is 0 Å². The van der Waals surface area contributed by atoms with Crippen LogP contribution in [0.1, 0.15) is 15.3 Å². The van der Waals surface area contributed by atoms with E-state index in [2.05, 4.69) is 17.5 Å². The topological polar surface area (TPSA) is 12.0 Å². The van der Waals surface area contributed by atoms with Crippen LogP contribution in [0.15, 0.2) is 0 Å². The van der Waals surface area contributed by atoms with Crippen LogP contribution in [0, 0.1) is 0 Å². The summed E-state index contributed by atoms with van der Waals surface area (Å²) in [5.74, 6) is 0. The molecule has 0 unspecified atom stereocenters. The molecule has 0 saturated heterocycles. The Bertz CT molecular complexity index is 55.7. The SMILES string of the molecule is CCNC(C)=S.[HH]. The van der Waals surface area contributed by atoms with Gasteiger partial charge in [0.05, 0.1) is 4.99 Å². The second-order valence-corrected chi connectivity index (χ2v) is 1.70. The van der Waals surface area contributed by atoms with E-state index in [0.29, 0.717) is 0 Å². The average molecular weight is 105 g/mol. The van der Waals surface area contributed by atoms with Crippen molar-refractivity contribution in [2.45, 2.75) is 13.8 Å². The summed E-state index contributed by atoms with van der Waals surface area (Å²) in [5, 5.41) is 2.94. The number of thiocarbonyl (C=S) groups is 1. The minimum absolute atomic E-state index is 0. The van der Waals surface area contributed by atoms with Gasteiger partial charge in [-0.15, -0.1) is 0 Å². The van der Waals surface area contributed by atoms with Crippen LogP contribution in [0.5, 0.6) is 0 Å². The Kier molecular flexibility index (Phi) is 3.04. The van der Waals surface area contributed by atoms with Crippen LogP contribution in [0.3, 0.4) is 0 Å². The standard InChI is InChI=1S/C4H9NS.H2/c1-3-5-4(2)6;/h3H2,1-2H3,(H,5,6);1H. The summed E-state index contributed by atoms with van der Waals surface area (Å²) in [6, 6.07) is 0. The van der Waals surface area contributed by atoms with Crippen LogP contribution in [-0.2, 0) is 0 Å². The molecule has 0 aromatic rings. The molecule has 0 aliphatic heterocycles. The molecule has 2 heteroatoms. The van der Waals surface area contributed by atoms with Crippen LogP contribution in [0.2, 0.25) is 0 Å². The van der Waals surface area contributed by atoms with Gasteiger partial charge in [-0.1, -0.05) is 12.2 Å². The molecule has 0 atom stereocenters. The molecule has 1 N–H and O–H groups in total. The lowest BCUT2D eigenvalue weighted by atomic mass is 10.7. The number of rotatable bonds is 1. The summed E-state index contributed by atoms with van der Waals surface area (Å²) in [6.07, 6.45) is 0. The zero-order valence-corrected chi connectivity index (χ0v) is 4.93. The van der Waals surface area contributed by atoms with Crippen molar-refractivity contribution >= 4 is 17.2 Å². The highest BCUT2D eigenvalue weighted by molar-refractivity contribution is 7.80. The van der Waals surface area contributed by atoms with Crippen molar-refractivity contribution in [1.82, 2.24) is 5.32 Å². The maximum absolute atomic E-state index is 4.68. The van der Waals surface area contributed by atoms with E-state index in [-0.39, 0.29) is 1.43 Å². The predicted molar refractivity (Wildman–Crippen MR) is 34.1 cm³/mol. The fraction of sp³-hybridized carbons (Fsp3) is 0.750. The van der Waals surface area contributed by atoms with Gasteiger partial charge in [0, 0.05) is 7.97 Å². The molecule has 0 heterocycles. The molecule has 0 amide bonds. The van der Waals surface area contributed by atoms with E-state index in [1.165, 1.54) is 0 Å². The van der Waals surface area contributed by atoms with Gasteiger partial charge in [0.15, 0.2) is 0 Å². The van der Waals surface area contributed by atoms with E-state index >= 15 is 0 Å². The second kappa shape index (κ2) is 3.09. The molecule has 0 aliphatic rings. The van der Waals surface area contributed by atoms with Gasteiger partial charge in [0.2, 0.25) is 0 Å². The van der Waals surface area contributed by atoms with Crippen LogP contribution < -0.4 is 5.32 Å². The molecule has 0 spiro atoms. The molecule has 0 aliphatic carbocycles. The van der Waals surface area contributed by atoms with Gasteiger partial charge in [-0.05, 0) is 13.8 Å². The van der Waals surface area contributed by atoms with Gasteiger partial charge in [-0.2, -0.15) is 0 Å². The molecule has 0 saturated carbocycles. The predicted octanol–water partition coefficient (Wildman–Crippen LogP) is 1.19. The van der Waals surface area contributed by atoms with E-state index in [9.17, 15) is 0 Å². The van der Waals surface area contributed by atoms with Crippen molar-refractivity contribution in [2.75, 3.05) is 6.54 Å². The molecule has 0 aromatic carbocycles. The molecular formula is C4H11NS. The molecular weight excluding hydrogens is 94.1 g/mol. The minimum atomic E-state index is 0. The van der Waals surface area contributed by atoms with Gasteiger partial charge >= 0.3 is 0 Å². The normalized spacial score (nSPS) is 7.67. The summed E-state index contributed by atoms with van der Waals surface area (Å²) in [6.45, 7) is 4.84. The smallest absolute Gasteiger partial charge is 0.0721 e. The van der Waals surface area contributed by atoms with Crippen LogP contribution in [0.4, 0.5) is 0 Å². The van der Waals surface area contributed by atoms with Gasteiger partial charge in [-0.3, -0.25) is 0 Å². The van der Waals surface area contributed by atoms with E-state index in [4.69, 9.17) is 0 Å². The molecule has 0 rings (SSSR count). The Morgan fingerprint density at radius 1 is 2.00 bits per heavy atom. The fourth-order valence-corrected chi connectivity index (χ4v) is 0.393. The fourth-order valence-electron chi connectivity index (χ4n) is 0.249. The van der Waals surface area contributed by atoms with Crippen molar-refractivity contribution in [3.8, 4) is 0 Å². The maximum Gasteiger partial charge on any atom is 0.0721 e. The van der Waals surface area contributed by atoms with E-state index in [0.717, 1.165) is 11.5 Å². The molecule has 1 nitrogen and oxygen atoms in total. The van der Waals surface area contributed by atoms with E-state index in [1.807, 2.05) is 13.8 Å². The summed E-state index contributed by atoms with van der Waals surface area (Å²) in [4.78, 5) is 0.873. The average Bonchev–Trinajstić information content (AvgIpc) is 1.35. The monoisotopic (exact) mass is 105 g/mol. The largest absolute Gasteiger partial charge is 0.380 e. The molecule has 6 heavy (non-hydrogen) atoms. The van der Waals surface area contributed by atoms with Crippen LogP contribution >= 0.6 is 12.2 Å². The van der Waals surface area contributed by atoms with Crippen molar-refractivity contribution in [2.24, 2.45) is 0 Å². The Labute approximate surface area is 45.2 Å². The third kappa shape index (κ3) is 3.89. The summed E-state index contributed by atoms with van der Waals surface area (Å²) in [7, 11) is 0. The Hall–Kier alpha value is -0.110. The molecule has 0 fully saturated rings. The van der Waals surface area contributed by atoms with E-state index < -0.39 is 0 Å². The zero-order chi connectivity index (χ0) is 4.99. The first-order valence-electron chi connectivity index (χ1n) is 2.01. The molecule has 0 aromatic heterocycles. The highest BCUT2D eigenvalue weighted by Crippen LogP contribution is 1.62. The van der Waals surface area contributed by atoms with Crippen molar-refractivity contribution in [3.63, 3.8) is 0 Å². The lowest BCUT2D eigenvalue weighted by molar-refractivity contribution is 0.978. The summed E-state index contributed by atoms with van der Waals surface area (Å²) in [5.41, 5.74) is 0. The molecule has 0 bridgehead atoms. The van der Waals surface area contributed by atoms with Gasteiger partial charge in [-0.25, -0.2) is 0 Å². The first kappa shape index (κ1) is 5.89. The van der Waals surface area contributed by atoms with Crippen molar-refractivity contribution < 1.29 is 1.43 Å². The Morgan fingerprint density at radius 2 is 2.50 bits per heavy atom. The number of nitrogens with one attached hydrogen (secondary N) is 1. The van der Waals surface area contributed by atoms with Crippen LogP contribution in [-0.4, -0.2) is 11.5 Å². The summed E-state index contributed by atoms with van der Waals surface area (Å²) < 4.78 is 0. The number of hydrogen-bond donors (Lipinski definition) is 1. The first-order valence-corrected chi connectivity index (χ1v) is 2.42. The molecule has 0 radical (unpaired) electrons. The van der Waals surface area contributed by atoms with Crippen molar-refractivity contribution in [1.29, 1.82) is 0 Å². The van der Waals surface area contributed by atoms with Gasteiger partial charge in [0.1, 0.15) is 0 Å². The quantitative estimate of drug-likeness (QED) is 0.503. The highest BCUT2D eigenvalue weighted by atomic mass is 32.1.